The van der Waals surface area contributed by atoms with Crippen LogP contribution < -0.4 is 5.32 Å². The van der Waals surface area contributed by atoms with Gasteiger partial charge in [-0.05, 0) is 24.5 Å². The summed E-state index contributed by atoms with van der Waals surface area (Å²) in [6, 6.07) is 9.18. The van der Waals surface area contributed by atoms with Crippen LogP contribution in [0.2, 0.25) is 0 Å². The standard InChI is InChI=1S/C15H22N4/c1-4-13-5-7-14(8-6-13)12(2)16-10-9-15-18-17-11-19(15)3/h5-8,11-12,16H,4,9-10H2,1-3H3. The smallest absolute Gasteiger partial charge is 0.133 e. The Morgan fingerprint density at radius 1 is 1.26 bits per heavy atom. The molecule has 0 spiro atoms. The minimum absolute atomic E-state index is 0.360. The first kappa shape index (κ1) is 13.7. The molecular weight excluding hydrogens is 236 g/mol. The molecule has 4 nitrogen and oxygen atoms in total. The first-order chi connectivity index (χ1) is 9.20. The summed E-state index contributed by atoms with van der Waals surface area (Å²) in [5.41, 5.74) is 2.71. The highest BCUT2D eigenvalue weighted by molar-refractivity contribution is 5.24. The second-order valence-corrected chi connectivity index (χ2v) is 4.88. The lowest BCUT2D eigenvalue weighted by molar-refractivity contribution is 0.564. The van der Waals surface area contributed by atoms with Crippen LogP contribution in [-0.4, -0.2) is 21.3 Å². The summed E-state index contributed by atoms with van der Waals surface area (Å²) in [5.74, 6) is 1.01. The lowest BCUT2D eigenvalue weighted by Crippen LogP contribution is -2.22. The van der Waals surface area contributed by atoms with Crippen LogP contribution in [0.15, 0.2) is 30.6 Å². The van der Waals surface area contributed by atoms with E-state index >= 15 is 0 Å². The normalized spacial score (nSPS) is 12.6. The fraction of sp³-hybridized carbons (Fsp3) is 0.467. The number of hydrogen-bond acceptors (Lipinski definition) is 3. The van der Waals surface area contributed by atoms with Gasteiger partial charge < -0.3 is 9.88 Å². The molecule has 1 N–H and O–H groups in total. The van der Waals surface area contributed by atoms with E-state index in [0.717, 1.165) is 25.2 Å². The number of benzene rings is 1. The zero-order valence-corrected chi connectivity index (χ0v) is 11.9. The lowest BCUT2D eigenvalue weighted by atomic mass is 10.0. The molecule has 102 valence electrons. The molecule has 0 bridgehead atoms. The van der Waals surface area contributed by atoms with Gasteiger partial charge in [0.15, 0.2) is 0 Å². The number of nitrogens with one attached hydrogen (secondary N) is 1. The van der Waals surface area contributed by atoms with Crippen LogP contribution in [0.4, 0.5) is 0 Å². The van der Waals surface area contributed by atoms with Gasteiger partial charge in [0.05, 0.1) is 0 Å². The summed E-state index contributed by atoms with van der Waals surface area (Å²) < 4.78 is 1.96. The highest BCUT2D eigenvalue weighted by Crippen LogP contribution is 2.13. The van der Waals surface area contributed by atoms with Crippen molar-refractivity contribution in [2.45, 2.75) is 32.7 Å². The Morgan fingerprint density at radius 3 is 2.58 bits per heavy atom. The van der Waals surface area contributed by atoms with Gasteiger partial charge >= 0.3 is 0 Å². The van der Waals surface area contributed by atoms with E-state index in [1.165, 1.54) is 11.1 Å². The number of aromatic nitrogens is 3. The highest BCUT2D eigenvalue weighted by atomic mass is 15.2. The van der Waals surface area contributed by atoms with E-state index in [2.05, 4.69) is 53.6 Å². The molecule has 1 aromatic heterocycles. The quantitative estimate of drug-likeness (QED) is 0.864. The van der Waals surface area contributed by atoms with Crippen LogP contribution in [0.3, 0.4) is 0 Å². The Hall–Kier alpha value is -1.68. The van der Waals surface area contributed by atoms with Crippen LogP contribution >= 0.6 is 0 Å². The van der Waals surface area contributed by atoms with Crippen LogP contribution in [0.1, 0.15) is 36.8 Å². The third-order valence-electron chi connectivity index (χ3n) is 3.49. The number of rotatable bonds is 6. The third-order valence-corrected chi connectivity index (χ3v) is 3.49. The van der Waals surface area contributed by atoms with Crippen molar-refractivity contribution < 1.29 is 0 Å². The number of hydrogen-bond donors (Lipinski definition) is 1. The average molecular weight is 258 g/mol. The fourth-order valence-electron chi connectivity index (χ4n) is 2.09. The van der Waals surface area contributed by atoms with Crippen molar-refractivity contribution in [1.82, 2.24) is 20.1 Å². The predicted octanol–water partition coefficient (Wildman–Crippen LogP) is 2.27. The molecule has 1 aromatic carbocycles. The molecular formula is C15H22N4. The molecule has 0 aliphatic heterocycles. The van der Waals surface area contributed by atoms with Crippen molar-refractivity contribution in [3.05, 3.63) is 47.5 Å². The van der Waals surface area contributed by atoms with Crippen LogP contribution in [0.5, 0.6) is 0 Å². The van der Waals surface area contributed by atoms with Gasteiger partial charge in [0.25, 0.3) is 0 Å². The zero-order chi connectivity index (χ0) is 13.7. The molecule has 19 heavy (non-hydrogen) atoms. The molecule has 1 unspecified atom stereocenters. The van der Waals surface area contributed by atoms with Crippen molar-refractivity contribution in [3.63, 3.8) is 0 Å². The van der Waals surface area contributed by atoms with Gasteiger partial charge in [-0.15, -0.1) is 10.2 Å². The van der Waals surface area contributed by atoms with Crippen LogP contribution in [0, 0.1) is 0 Å². The van der Waals surface area contributed by atoms with E-state index in [9.17, 15) is 0 Å². The minimum Gasteiger partial charge on any atom is -0.321 e. The van der Waals surface area contributed by atoms with E-state index < -0.39 is 0 Å². The molecule has 4 heteroatoms. The third kappa shape index (κ3) is 3.64. The van der Waals surface area contributed by atoms with Gasteiger partial charge in [0.2, 0.25) is 0 Å². The van der Waals surface area contributed by atoms with E-state index in [1.807, 2.05) is 11.6 Å². The Kier molecular flexibility index (Phi) is 4.68. The van der Waals surface area contributed by atoms with Gasteiger partial charge in [-0.1, -0.05) is 31.2 Å². The van der Waals surface area contributed by atoms with Crippen molar-refractivity contribution in [3.8, 4) is 0 Å². The summed E-state index contributed by atoms with van der Waals surface area (Å²) in [6.45, 7) is 5.28. The molecule has 0 fully saturated rings. The topological polar surface area (TPSA) is 42.7 Å². The molecule has 0 saturated heterocycles. The van der Waals surface area contributed by atoms with Crippen LogP contribution in [0.25, 0.3) is 0 Å². The Morgan fingerprint density at radius 2 is 2.00 bits per heavy atom. The van der Waals surface area contributed by atoms with E-state index in [0.29, 0.717) is 6.04 Å². The van der Waals surface area contributed by atoms with E-state index in [-0.39, 0.29) is 0 Å². The summed E-state index contributed by atoms with van der Waals surface area (Å²) in [7, 11) is 1.97. The van der Waals surface area contributed by atoms with Crippen molar-refractivity contribution in [2.24, 2.45) is 7.05 Å². The molecule has 0 saturated carbocycles. The monoisotopic (exact) mass is 258 g/mol. The van der Waals surface area contributed by atoms with E-state index in [4.69, 9.17) is 0 Å². The van der Waals surface area contributed by atoms with E-state index in [1.54, 1.807) is 6.33 Å². The summed E-state index contributed by atoms with van der Waals surface area (Å²) in [6.07, 6.45) is 3.73. The minimum atomic E-state index is 0.360. The highest BCUT2D eigenvalue weighted by Gasteiger charge is 2.05. The maximum absolute atomic E-state index is 4.08. The zero-order valence-electron chi connectivity index (χ0n) is 11.9. The second-order valence-electron chi connectivity index (χ2n) is 4.88. The number of aryl methyl sites for hydroxylation is 2. The first-order valence-electron chi connectivity index (χ1n) is 6.85. The molecule has 1 atom stereocenters. The molecule has 2 aromatic rings. The van der Waals surface area contributed by atoms with Gasteiger partial charge in [-0.25, -0.2) is 0 Å². The van der Waals surface area contributed by atoms with Crippen LogP contribution in [-0.2, 0) is 19.9 Å². The molecule has 0 amide bonds. The second kappa shape index (κ2) is 6.48. The molecule has 2 rings (SSSR count). The van der Waals surface area contributed by atoms with Crippen molar-refractivity contribution >= 4 is 0 Å². The van der Waals surface area contributed by atoms with Crippen molar-refractivity contribution in [1.29, 1.82) is 0 Å². The summed E-state index contributed by atoms with van der Waals surface area (Å²) in [4.78, 5) is 0. The summed E-state index contributed by atoms with van der Waals surface area (Å²) in [5, 5.41) is 11.5. The average Bonchev–Trinajstić information content (AvgIpc) is 2.84. The molecule has 0 radical (unpaired) electrons. The lowest BCUT2D eigenvalue weighted by Gasteiger charge is -2.14. The van der Waals surface area contributed by atoms with Gasteiger partial charge in [-0.2, -0.15) is 0 Å². The first-order valence-corrected chi connectivity index (χ1v) is 6.85. The molecule has 1 heterocycles. The van der Waals surface area contributed by atoms with Gasteiger partial charge in [0.1, 0.15) is 12.2 Å². The number of nitrogens with zero attached hydrogens (tertiary/aromatic N) is 3. The van der Waals surface area contributed by atoms with Crippen molar-refractivity contribution in [2.75, 3.05) is 6.54 Å². The Balaban J connectivity index is 1.83. The maximum Gasteiger partial charge on any atom is 0.133 e. The predicted molar refractivity (Wildman–Crippen MR) is 76.9 cm³/mol. The maximum atomic E-state index is 4.08. The Labute approximate surface area is 114 Å². The van der Waals surface area contributed by atoms with Gasteiger partial charge in [-0.3, -0.25) is 0 Å². The summed E-state index contributed by atoms with van der Waals surface area (Å²) >= 11 is 0. The SMILES string of the molecule is CCc1ccc(C(C)NCCc2nncn2C)cc1. The Bertz CT molecular complexity index is 501. The molecule has 0 aliphatic rings. The largest absolute Gasteiger partial charge is 0.321 e. The molecule has 0 aliphatic carbocycles. The fourth-order valence-corrected chi connectivity index (χ4v) is 2.09. The van der Waals surface area contributed by atoms with Gasteiger partial charge in [0, 0.05) is 26.1 Å².